The minimum absolute atomic E-state index is 0.193. The van der Waals surface area contributed by atoms with Crippen molar-refractivity contribution in [1.29, 1.82) is 0 Å². The first-order valence-electron chi connectivity index (χ1n) is 7.87. The Morgan fingerprint density at radius 3 is 2.80 bits per heavy atom. The van der Waals surface area contributed by atoms with Crippen molar-refractivity contribution < 1.29 is 13.9 Å². The summed E-state index contributed by atoms with van der Waals surface area (Å²) in [7, 11) is 1.91. The molecule has 0 aromatic heterocycles. The fourth-order valence-electron chi connectivity index (χ4n) is 2.09. The normalized spacial score (nSPS) is 10.9. The molecule has 0 N–H and O–H groups in total. The van der Waals surface area contributed by atoms with E-state index < -0.39 is 5.82 Å². The standard InChI is InChI=1S/C19H20ClFN2O2/c1-4-23(3)12-22-18-8-13(2)16(10-17(18)20)19(24)11-25-15-7-5-6-14(21)9-15/h5-10,12H,4,11H2,1-3H3. The Morgan fingerprint density at radius 2 is 2.12 bits per heavy atom. The molecule has 0 bridgehead atoms. The Labute approximate surface area is 151 Å². The van der Waals surface area contributed by atoms with Crippen LogP contribution in [0.3, 0.4) is 0 Å². The predicted octanol–water partition coefficient (Wildman–Crippen LogP) is 4.66. The maximum absolute atomic E-state index is 13.1. The summed E-state index contributed by atoms with van der Waals surface area (Å²) in [4.78, 5) is 18.6. The van der Waals surface area contributed by atoms with Gasteiger partial charge in [-0.15, -0.1) is 0 Å². The summed E-state index contributed by atoms with van der Waals surface area (Å²) in [6, 6.07) is 9.02. The molecule has 0 radical (unpaired) electrons. The SMILES string of the molecule is CCN(C)C=Nc1cc(C)c(C(=O)COc2cccc(F)c2)cc1Cl. The van der Waals surface area contributed by atoms with Crippen LogP contribution in [0.1, 0.15) is 22.8 Å². The first-order valence-corrected chi connectivity index (χ1v) is 8.24. The molecule has 0 fully saturated rings. The van der Waals surface area contributed by atoms with E-state index in [1.165, 1.54) is 18.2 Å². The van der Waals surface area contributed by atoms with Crippen molar-refractivity contribution in [1.82, 2.24) is 4.90 Å². The maximum atomic E-state index is 13.1. The number of carbonyl (C=O) groups excluding carboxylic acids is 1. The summed E-state index contributed by atoms with van der Waals surface area (Å²) >= 11 is 6.24. The highest BCUT2D eigenvalue weighted by Crippen LogP contribution is 2.28. The van der Waals surface area contributed by atoms with Crippen LogP contribution in [0.15, 0.2) is 41.4 Å². The molecular formula is C19H20ClFN2O2. The summed E-state index contributed by atoms with van der Waals surface area (Å²) in [5.41, 5.74) is 1.81. The number of halogens is 2. The minimum Gasteiger partial charge on any atom is -0.485 e. The van der Waals surface area contributed by atoms with Gasteiger partial charge in [-0.25, -0.2) is 9.38 Å². The number of rotatable bonds is 7. The van der Waals surface area contributed by atoms with Crippen LogP contribution in [0.5, 0.6) is 5.75 Å². The first kappa shape index (κ1) is 18.9. The molecule has 0 amide bonds. The minimum atomic E-state index is -0.413. The van der Waals surface area contributed by atoms with Gasteiger partial charge in [0.15, 0.2) is 6.61 Å². The quantitative estimate of drug-likeness (QED) is 0.408. The van der Waals surface area contributed by atoms with E-state index in [1.807, 2.05) is 25.8 Å². The summed E-state index contributed by atoms with van der Waals surface area (Å²) in [5.74, 6) is -0.339. The van der Waals surface area contributed by atoms with Gasteiger partial charge in [0.1, 0.15) is 11.6 Å². The number of benzene rings is 2. The summed E-state index contributed by atoms with van der Waals surface area (Å²) in [5, 5.41) is 0.389. The second kappa shape index (κ2) is 8.62. The van der Waals surface area contributed by atoms with Crippen molar-refractivity contribution >= 4 is 29.4 Å². The summed E-state index contributed by atoms with van der Waals surface area (Å²) < 4.78 is 18.5. The number of hydrogen-bond acceptors (Lipinski definition) is 3. The van der Waals surface area contributed by atoms with Crippen molar-refractivity contribution in [3.05, 3.63) is 58.4 Å². The number of carbonyl (C=O) groups is 1. The van der Waals surface area contributed by atoms with Crippen molar-refractivity contribution in [3.63, 3.8) is 0 Å². The number of Topliss-reactive ketones (excluding diaryl/α,β-unsaturated/α-hetero) is 1. The van der Waals surface area contributed by atoms with E-state index in [1.54, 1.807) is 24.5 Å². The second-order valence-corrected chi connectivity index (χ2v) is 6.01. The molecule has 0 aliphatic rings. The zero-order valence-corrected chi connectivity index (χ0v) is 15.2. The molecule has 2 aromatic rings. The van der Waals surface area contributed by atoms with E-state index in [9.17, 15) is 9.18 Å². The maximum Gasteiger partial charge on any atom is 0.200 e. The number of nitrogens with zero attached hydrogens (tertiary/aromatic N) is 2. The lowest BCUT2D eigenvalue weighted by molar-refractivity contribution is 0.0920. The number of ketones is 1. The van der Waals surface area contributed by atoms with E-state index in [2.05, 4.69) is 4.99 Å². The lowest BCUT2D eigenvalue weighted by atomic mass is 10.0. The van der Waals surface area contributed by atoms with Gasteiger partial charge in [-0.3, -0.25) is 4.79 Å². The van der Waals surface area contributed by atoms with Crippen molar-refractivity contribution in [2.24, 2.45) is 4.99 Å². The molecule has 0 saturated heterocycles. The third-order valence-electron chi connectivity index (χ3n) is 3.65. The molecule has 0 spiro atoms. The molecule has 0 unspecified atom stereocenters. The monoisotopic (exact) mass is 362 g/mol. The van der Waals surface area contributed by atoms with Gasteiger partial charge in [0.05, 0.1) is 17.0 Å². The van der Waals surface area contributed by atoms with Crippen molar-refractivity contribution in [3.8, 4) is 5.75 Å². The average Bonchev–Trinajstić information content (AvgIpc) is 2.59. The molecular weight excluding hydrogens is 343 g/mol. The number of ether oxygens (including phenoxy) is 1. The molecule has 6 heteroatoms. The molecule has 4 nitrogen and oxygen atoms in total. The van der Waals surface area contributed by atoms with E-state index >= 15 is 0 Å². The molecule has 0 saturated carbocycles. The van der Waals surface area contributed by atoms with Crippen LogP contribution in [0.25, 0.3) is 0 Å². The first-order chi connectivity index (χ1) is 11.9. The van der Waals surface area contributed by atoms with Gasteiger partial charge < -0.3 is 9.64 Å². The fraction of sp³-hybridized carbons (Fsp3) is 0.263. The van der Waals surface area contributed by atoms with Crippen LogP contribution < -0.4 is 4.74 Å². The third-order valence-corrected chi connectivity index (χ3v) is 3.96. The fourth-order valence-corrected chi connectivity index (χ4v) is 2.30. The van der Waals surface area contributed by atoms with Crippen LogP contribution in [-0.4, -0.2) is 37.2 Å². The zero-order valence-electron chi connectivity index (χ0n) is 14.4. The van der Waals surface area contributed by atoms with Gasteiger partial charge in [-0.1, -0.05) is 17.7 Å². The van der Waals surface area contributed by atoms with Gasteiger partial charge in [-0.2, -0.15) is 0 Å². The highest BCUT2D eigenvalue weighted by atomic mass is 35.5. The molecule has 0 atom stereocenters. The predicted molar refractivity (Wildman–Crippen MR) is 98.9 cm³/mol. The molecule has 2 rings (SSSR count). The Kier molecular flexibility index (Phi) is 6.53. The van der Waals surface area contributed by atoms with Crippen molar-refractivity contribution in [2.45, 2.75) is 13.8 Å². The molecule has 2 aromatic carbocycles. The van der Waals surface area contributed by atoms with Gasteiger partial charge in [-0.05, 0) is 43.7 Å². The lowest BCUT2D eigenvalue weighted by Gasteiger charge is -2.11. The van der Waals surface area contributed by atoms with Gasteiger partial charge in [0.25, 0.3) is 0 Å². The summed E-state index contributed by atoms with van der Waals surface area (Å²) in [6.45, 7) is 4.46. The van der Waals surface area contributed by atoms with E-state index in [4.69, 9.17) is 16.3 Å². The van der Waals surface area contributed by atoms with Crippen LogP contribution in [0.4, 0.5) is 10.1 Å². The largest absolute Gasteiger partial charge is 0.485 e. The lowest BCUT2D eigenvalue weighted by Crippen LogP contribution is -2.14. The van der Waals surface area contributed by atoms with E-state index in [0.29, 0.717) is 22.0 Å². The third kappa shape index (κ3) is 5.29. The zero-order chi connectivity index (χ0) is 18.4. The van der Waals surface area contributed by atoms with Gasteiger partial charge >= 0.3 is 0 Å². The van der Waals surface area contributed by atoms with Crippen LogP contribution in [0, 0.1) is 12.7 Å². The Balaban J connectivity index is 2.12. The Morgan fingerprint density at radius 1 is 1.36 bits per heavy atom. The molecule has 0 aliphatic heterocycles. The smallest absolute Gasteiger partial charge is 0.200 e. The van der Waals surface area contributed by atoms with Crippen LogP contribution in [0.2, 0.25) is 5.02 Å². The molecule has 0 aliphatic carbocycles. The number of aliphatic imine (C=N–C) groups is 1. The highest BCUT2D eigenvalue weighted by molar-refractivity contribution is 6.33. The van der Waals surface area contributed by atoms with Gasteiger partial charge in [0.2, 0.25) is 5.78 Å². The van der Waals surface area contributed by atoms with Crippen LogP contribution in [-0.2, 0) is 0 Å². The molecule has 25 heavy (non-hydrogen) atoms. The van der Waals surface area contributed by atoms with E-state index in [-0.39, 0.29) is 12.4 Å². The molecule has 132 valence electrons. The Hall–Kier alpha value is -2.40. The van der Waals surface area contributed by atoms with E-state index in [0.717, 1.165) is 12.1 Å². The average molecular weight is 363 g/mol. The Bertz CT molecular complexity index is 793. The second-order valence-electron chi connectivity index (χ2n) is 5.61. The molecule has 0 heterocycles. The number of aryl methyl sites for hydroxylation is 1. The van der Waals surface area contributed by atoms with Crippen molar-refractivity contribution in [2.75, 3.05) is 20.2 Å². The number of hydrogen-bond donors (Lipinski definition) is 0. The van der Waals surface area contributed by atoms with Crippen LogP contribution >= 0.6 is 11.6 Å². The van der Waals surface area contributed by atoms with Gasteiger partial charge in [0, 0.05) is 25.2 Å². The topological polar surface area (TPSA) is 41.9 Å². The highest BCUT2D eigenvalue weighted by Gasteiger charge is 2.13. The summed E-state index contributed by atoms with van der Waals surface area (Å²) in [6.07, 6.45) is 1.69.